The second kappa shape index (κ2) is 9.89. The fourth-order valence-corrected chi connectivity index (χ4v) is 11.4. The van der Waals surface area contributed by atoms with Crippen molar-refractivity contribution in [2.75, 3.05) is 9.80 Å². The number of benzene rings is 5. The van der Waals surface area contributed by atoms with Crippen molar-refractivity contribution in [3.05, 3.63) is 125 Å². The first-order valence-electron chi connectivity index (χ1n) is 18.0. The lowest BCUT2D eigenvalue weighted by atomic mass is 9.32. The van der Waals surface area contributed by atoms with Crippen LogP contribution in [-0.4, -0.2) is 6.71 Å². The molecule has 4 fully saturated rings. The van der Waals surface area contributed by atoms with Crippen molar-refractivity contribution in [3.8, 4) is 0 Å². The predicted octanol–water partition coefficient (Wildman–Crippen LogP) is 9.47. The van der Waals surface area contributed by atoms with Gasteiger partial charge in [-0.15, -0.1) is 0 Å². The fourth-order valence-electron chi connectivity index (χ4n) is 11.4. The van der Waals surface area contributed by atoms with E-state index >= 15 is 0 Å². The van der Waals surface area contributed by atoms with Crippen LogP contribution in [0.3, 0.4) is 0 Å². The number of aryl methyl sites for hydroxylation is 4. The van der Waals surface area contributed by atoms with Gasteiger partial charge in [0.2, 0.25) is 0 Å². The molecule has 232 valence electrons. The van der Waals surface area contributed by atoms with E-state index in [0.717, 1.165) is 17.8 Å². The minimum atomic E-state index is 0.180. The van der Waals surface area contributed by atoms with E-state index in [1.807, 2.05) is 0 Å². The van der Waals surface area contributed by atoms with E-state index in [2.05, 4.69) is 135 Å². The lowest BCUT2D eigenvalue weighted by molar-refractivity contribution is -0.00514. The molecule has 2 nitrogen and oxygen atoms in total. The summed E-state index contributed by atoms with van der Waals surface area (Å²) >= 11 is 0. The first kappa shape index (κ1) is 27.8. The molecule has 4 saturated carbocycles. The van der Waals surface area contributed by atoms with Crippen molar-refractivity contribution in [3.63, 3.8) is 0 Å². The first-order chi connectivity index (χ1) is 22.8. The molecular formula is C44H43BN2. The Labute approximate surface area is 280 Å². The van der Waals surface area contributed by atoms with Crippen LogP contribution in [0.25, 0.3) is 0 Å². The SMILES string of the molecule is Cc1cc(C)cc(N2c3cc(C)cc(C)c3B3c4ccccc4N(c4ccccc4)c4cc(C56CC7CC(CC(C7)C5)C6)cc2c43)c1. The van der Waals surface area contributed by atoms with Gasteiger partial charge in [0, 0.05) is 34.1 Å². The molecule has 0 radical (unpaired) electrons. The van der Waals surface area contributed by atoms with Crippen LogP contribution < -0.4 is 26.2 Å². The highest BCUT2D eigenvalue weighted by Crippen LogP contribution is 2.61. The van der Waals surface area contributed by atoms with Crippen LogP contribution in [0.15, 0.2) is 97.1 Å². The Bertz CT molecular complexity index is 2040. The zero-order valence-electron chi connectivity index (χ0n) is 28.2. The van der Waals surface area contributed by atoms with Crippen molar-refractivity contribution < 1.29 is 0 Å². The van der Waals surface area contributed by atoms with E-state index in [0.29, 0.717) is 0 Å². The molecule has 4 aliphatic carbocycles. The molecule has 0 amide bonds. The Balaban J connectivity index is 1.33. The molecule has 0 saturated heterocycles. The number of para-hydroxylation sites is 2. The van der Waals surface area contributed by atoms with Gasteiger partial charge in [-0.1, -0.05) is 54.1 Å². The molecule has 0 atom stereocenters. The van der Waals surface area contributed by atoms with Crippen molar-refractivity contribution in [1.29, 1.82) is 0 Å². The van der Waals surface area contributed by atoms with E-state index < -0.39 is 0 Å². The summed E-state index contributed by atoms with van der Waals surface area (Å²) < 4.78 is 0. The minimum absolute atomic E-state index is 0.180. The van der Waals surface area contributed by atoms with Crippen LogP contribution in [-0.2, 0) is 5.41 Å². The lowest BCUT2D eigenvalue weighted by Crippen LogP contribution is -2.62. The van der Waals surface area contributed by atoms with Crippen molar-refractivity contribution in [2.24, 2.45) is 17.8 Å². The summed E-state index contributed by atoms with van der Waals surface area (Å²) in [6, 6.07) is 37.7. The highest BCUT2D eigenvalue weighted by molar-refractivity contribution is 7.00. The maximum atomic E-state index is 2.69. The highest BCUT2D eigenvalue weighted by Gasteiger charge is 2.53. The van der Waals surface area contributed by atoms with Crippen LogP contribution in [0.2, 0.25) is 0 Å². The summed E-state index contributed by atoms with van der Waals surface area (Å²) in [4.78, 5) is 5.26. The summed E-state index contributed by atoms with van der Waals surface area (Å²) in [6.45, 7) is 9.29. The third-order valence-corrected chi connectivity index (χ3v) is 12.6. The highest BCUT2D eigenvalue weighted by atomic mass is 15.2. The van der Waals surface area contributed by atoms with Gasteiger partial charge in [-0.05, 0) is 177 Å². The number of hydrogen-bond acceptors (Lipinski definition) is 2. The zero-order chi connectivity index (χ0) is 31.6. The molecule has 2 heterocycles. The number of nitrogens with zero attached hydrogens (tertiary/aromatic N) is 2. The number of hydrogen-bond donors (Lipinski definition) is 0. The molecule has 0 spiro atoms. The summed E-state index contributed by atoms with van der Waals surface area (Å²) in [5.41, 5.74) is 19.5. The van der Waals surface area contributed by atoms with Crippen molar-refractivity contribution >= 4 is 57.2 Å². The molecule has 6 aliphatic rings. The summed E-state index contributed by atoms with van der Waals surface area (Å²) in [7, 11) is 0. The molecule has 2 aliphatic heterocycles. The van der Waals surface area contributed by atoms with E-state index in [1.165, 1.54) is 111 Å². The summed E-state index contributed by atoms with van der Waals surface area (Å²) in [5, 5.41) is 0. The molecule has 3 heteroatoms. The first-order valence-corrected chi connectivity index (χ1v) is 18.0. The second-order valence-corrected chi connectivity index (χ2v) is 16.0. The monoisotopic (exact) mass is 610 g/mol. The van der Waals surface area contributed by atoms with Crippen molar-refractivity contribution in [1.82, 2.24) is 0 Å². The van der Waals surface area contributed by atoms with Crippen molar-refractivity contribution in [2.45, 2.75) is 71.6 Å². The van der Waals surface area contributed by atoms with Gasteiger partial charge in [-0.3, -0.25) is 0 Å². The smallest absolute Gasteiger partial charge is 0.252 e. The molecule has 47 heavy (non-hydrogen) atoms. The second-order valence-electron chi connectivity index (χ2n) is 16.0. The standard InChI is InChI=1S/C44H43BN2/c1-27-14-28(2)17-36(16-27)47-39-18-29(3)15-30(4)42(39)45-37-12-8-9-13-38(37)46(35-10-6-5-7-11-35)40-22-34(23-41(47)43(40)45)44-24-31-19-32(25-44)21-33(20-31)26-44/h5-18,22-23,31-33H,19-21,24-26H2,1-4H3. The van der Waals surface area contributed by atoms with Gasteiger partial charge in [-0.2, -0.15) is 0 Å². The third kappa shape index (κ3) is 4.05. The molecular weight excluding hydrogens is 567 g/mol. The van der Waals surface area contributed by atoms with Crippen LogP contribution in [0.5, 0.6) is 0 Å². The topological polar surface area (TPSA) is 6.48 Å². The number of fused-ring (bicyclic) bond motifs is 4. The minimum Gasteiger partial charge on any atom is -0.311 e. The van der Waals surface area contributed by atoms with E-state index in [9.17, 15) is 0 Å². The Morgan fingerprint density at radius 1 is 0.532 bits per heavy atom. The predicted molar refractivity (Wildman–Crippen MR) is 199 cm³/mol. The largest absolute Gasteiger partial charge is 0.311 e. The van der Waals surface area contributed by atoms with Gasteiger partial charge >= 0.3 is 0 Å². The van der Waals surface area contributed by atoms with Crippen LogP contribution in [0, 0.1) is 45.4 Å². The Kier molecular flexibility index (Phi) is 5.86. The molecule has 0 N–H and O–H groups in total. The molecule has 4 bridgehead atoms. The van der Waals surface area contributed by atoms with Gasteiger partial charge in [-0.25, -0.2) is 0 Å². The van der Waals surface area contributed by atoms with Gasteiger partial charge in [0.25, 0.3) is 6.71 Å². The van der Waals surface area contributed by atoms with E-state index in [1.54, 1.807) is 5.56 Å². The molecule has 0 aromatic heterocycles. The number of rotatable bonds is 3. The van der Waals surface area contributed by atoms with E-state index in [4.69, 9.17) is 0 Å². The van der Waals surface area contributed by atoms with Gasteiger partial charge < -0.3 is 9.80 Å². The Morgan fingerprint density at radius 3 is 1.74 bits per heavy atom. The third-order valence-electron chi connectivity index (χ3n) is 12.6. The van der Waals surface area contributed by atoms with Gasteiger partial charge in [0.1, 0.15) is 0 Å². The summed E-state index contributed by atoms with van der Waals surface area (Å²) in [5.74, 6) is 2.69. The summed E-state index contributed by atoms with van der Waals surface area (Å²) in [6.07, 6.45) is 8.47. The molecule has 0 unspecified atom stereocenters. The van der Waals surface area contributed by atoms with Gasteiger partial charge in [0.05, 0.1) is 0 Å². The van der Waals surface area contributed by atoms with Crippen LogP contribution in [0.1, 0.15) is 66.3 Å². The zero-order valence-corrected chi connectivity index (χ0v) is 28.2. The number of anilines is 6. The fraction of sp³-hybridized carbons (Fsp3) is 0.318. The molecule has 5 aromatic carbocycles. The van der Waals surface area contributed by atoms with Gasteiger partial charge in [0.15, 0.2) is 0 Å². The quantitative estimate of drug-likeness (QED) is 0.184. The Hall–Kier alpha value is -4.24. The van der Waals surface area contributed by atoms with Crippen LogP contribution >= 0.6 is 0 Å². The average Bonchev–Trinajstić information content (AvgIpc) is 3.03. The maximum Gasteiger partial charge on any atom is 0.252 e. The molecule has 5 aromatic rings. The van der Waals surface area contributed by atoms with Crippen LogP contribution in [0.4, 0.5) is 34.1 Å². The average molecular weight is 611 g/mol. The maximum absolute atomic E-state index is 2.69. The van der Waals surface area contributed by atoms with E-state index in [-0.39, 0.29) is 12.1 Å². The lowest BCUT2D eigenvalue weighted by Gasteiger charge is -2.57. The molecule has 11 rings (SSSR count). The normalized spacial score (nSPS) is 24.7. The Morgan fingerprint density at radius 2 is 1.09 bits per heavy atom.